The molecule has 7 nitrogen and oxygen atoms in total. The number of Topliss-reactive ketones (excluding diaryl/α,β-unsaturated/α-hetero) is 1. The van der Waals surface area contributed by atoms with Crippen LogP contribution in [0.1, 0.15) is 39.6 Å². The van der Waals surface area contributed by atoms with Gasteiger partial charge < -0.3 is 0 Å². The van der Waals surface area contributed by atoms with E-state index >= 15 is 0 Å². The third kappa shape index (κ3) is 3.12. The number of aromatic nitrogens is 6. The first kappa shape index (κ1) is 17.1. The Labute approximate surface area is 156 Å². The quantitative estimate of drug-likeness (QED) is 0.511. The van der Waals surface area contributed by atoms with E-state index in [-0.39, 0.29) is 5.78 Å². The van der Waals surface area contributed by atoms with Gasteiger partial charge in [-0.25, -0.2) is 4.68 Å². The summed E-state index contributed by atoms with van der Waals surface area (Å²) in [5.41, 5.74) is 4.02. The molecule has 0 N–H and O–H groups in total. The summed E-state index contributed by atoms with van der Waals surface area (Å²) in [6.07, 6.45) is 1.17. The van der Waals surface area contributed by atoms with Crippen LogP contribution in [0.3, 0.4) is 0 Å². The summed E-state index contributed by atoms with van der Waals surface area (Å²) in [5.74, 6) is 1.43. The summed E-state index contributed by atoms with van der Waals surface area (Å²) in [5, 5.41) is 17.2. The van der Waals surface area contributed by atoms with E-state index in [4.69, 9.17) is 0 Å². The summed E-state index contributed by atoms with van der Waals surface area (Å²) < 4.78 is 3.38. The van der Waals surface area contributed by atoms with Crippen LogP contribution in [0.15, 0.2) is 42.5 Å². The van der Waals surface area contributed by atoms with Crippen LogP contribution in [0.4, 0.5) is 0 Å². The molecule has 0 aliphatic carbocycles. The molecule has 3 heterocycles. The fourth-order valence-electron chi connectivity index (χ4n) is 3.30. The van der Waals surface area contributed by atoms with E-state index in [1.165, 1.54) is 0 Å². The van der Waals surface area contributed by atoms with E-state index in [0.29, 0.717) is 41.4 Å². The third-order valence-corrected chi connectivity index (χ3v) is 4.68. The van der Waals surface area contributed by atoms with Gasteiger partial charge >= 0.3 is 0 Å². The molecule has 7 heteroatoms. The second-order valence-electron chi connectivity index (χ2n) is 6.58. The zero-order valence-electron chi connectivity index (χ0n) is 15.5. The van der Waals surface area contributed by atoms with Crippen molar-refractivity contribution < 1.29 is 4.79 Å². The summed E-state index contributed by atoms with van der Waals surface area (Å²) >= 11 is 0. The highest BCUT2D eigenvalue weighted by Crippen LogP contribution is 2.20. The number of hydrogen-bond acceptors (Lipinski definition) is 5. The Hall–Kier alpha value is -3.35. The van der Waals surface area contributed by atoms with Gasteiger partial charge in [0.1, 0.15) is 0 Å². The van der Waals surface area contributed by atoms with Gasteiger partial charge in [-0.15, -0.1) is 15.3 Å². The van der Waals surface area contributed by atoms with Crippen LogP contribution in [0, 0.1) is 20.8 Å². The molecule has 3 aromatic heterocycles. The predicted octanol–water partition coefficient (Wildman–Crippen LogP) is 3.05. The van der Waals surface area contributed by atoms with E-state index in [1.54, 1.807) is 9.20 Å². The minimum absolute atomic E-state index is 0.0988. The average Bonchev–Trinajstić information content (AvgIpc) is 3.20. The molecule has 0 fully saturated rings. The van der Waals surface area contributed by atoms with Crippen LogP contribution >= 0.6 is 0 Å². The normalized spacial score (nSPS) is 11.2. The maximum atomic E-state index is 12.8. The number of carbonyl (C=O) groups excluding carboxylic acids is 1. The van der Waals surface area contributed by atoms with Crippen LogP contribution in [0.2, 0.25) is 0 Å². The molecule has 136 valence electrons. The monoisotopic (exact) mass is 360 g/mol. The maximum absolute atomic E-state index is 12.8. The first-order valence-corrected chi connectivity index (χ1v) is 8.87. The molecule has 0 spiro atoms. The molecule has 4 aromatic rings. The fourth-order valence-corrected chi connectivity index (χ4v) is 3.30. The molecular weight excluding hydrogens is 340 g/mol. The number of carbonyl (C=O) groups is 1. The first-order chi connectivity index (χ1) is 13.0. The lowest BCUT2D eigenvalue weighted by Gasteiger charge is -2.05. The van der Waals surface area contributed by atoms with E-state index in [9.17, 15) is 4.79 Å². The van der Waals surface area contributed by atoms with Gasteiger partial charge in [-0.2, -0.15) is 9.61 Å². The van der Waals surface area contributed by atoms with Gasteiger partial charge in [0.05, 0.1) is 17.0 Å². The second kappa shape index (κ2) is 6.75. The highest BCUT2D eigenvalue weighted by molar-refractivity contribution is 5.98. The van der Waals surface area contributed by atoms with Crippen molar-refractivity contribution in [2.45, 2.75) is 33.6 Å². The third-order valence-electron chi connectivity index (χ3n) is 4.68. The predicted molar refractivity (Wildman–Crippen MR) is 101 cm³/mol. The summed E-state index contributed by atoms with van der Waals surface area (Å²) in [6.45, 7) is 5.61. The Bertz CT molecular complexity index is 1130. The van der Waals surface area contributed by atoms with Gasteiger partial charge in [0.25, 0.3) is 0 Å². The molecule has 27 heavy (non-hydrogen) atoms. The SMILES string of the molecule is Cc1nn(-c2ccc3nnc(C)n3n2)c(C)c1C(=O)CCc1ccccc1. The Morgan fingerprint density at radius 1 is 0.963 bits per heavy atom. The van der Waals surface area contributed by atoms with Gasteiger partial charge in [-0.05, 0) is 44.9 Å². The van der Waals surface area contributed by atoms with Crippen molar-refractivity contribution in [2.24, 2.45) is 0 Å². The molecule has 0 amide bonds. The Morgan fingerprint density at radius 3 is 2.52 bits per heavy atom. The molecule has 4 rings (SSSR count). The van der Waals surface area contributed by atoms with Crippen molar-refractivity contribution in [1.29, 1.82) is 0 Å². The number of rotatable bonds is 5. The van der Waals surface area contributed by atoms with Crippen LogP contribution in [0.5, 0.6) is 0 Å². The topological polar surface area (TPSA) is 78.0 Å². The molecule has 0 unspecified atom stereocenters. The Balaban J connectivity index is 1.64. The standard InChI is InChI=1S/C20H20N6O/c1-13-20(17(27)10-9-16-7-5-4-6-8-16)14(2)25(23-13)19-12-11-18-22-21-15(3)26(18)24-19/h4-8,11-12H,9-10H2,1-3H3. The molecule has 0 aliphatic heterocycles. The van der Waals surface area contributed by atoms with Crippen molar-refractivity contribution >= 4 is 11.4 Å². The lowest BCUT2D eigenvalue weighted by atomic mass is 10.0. The van der Waals surface area contributed by atoms with Crippen molar-refractivity contribution in [3.8, 4) is 5.82 Å². The van der Waals surface area contributed by atoms with Gasteiger partial charge in [0, 0.05) is 6.42 Å². The molecule has 0 bridgehead atoms. The fraction of sp³-hybridized carbons (Fsp3) is 0.250. The molecule has 0 radical (unpaired) electrons. The average molecular weight is 360 g/mol. The van der Waals surface area contributed by atoms with Gasteiger partial charge in [0.2, 0.25) is 0 Å². The summed E-state index contributed by atoms with van der Waals surface area (Å²) in [4.78, 5) is 12.8. The zero-order chi connectivity index (χ0) is 19.0. The Kier molecular flexibility index (Phi) is 4.27. The number of nitrogens with zero attached hydrogens (tertiary/aromatic N) is 6. The molecular formula is C20H20N6O. The van der Waals surface area contributed by atoms with E-state index in [2.05, 4.69) is 20.4 Å². The lowest BCUT2D eigenvalue weighted by Crippen LogP contribution is -2.08. The largest absolute Gasteiger partial charge is 0.294 e. The zero-order valence-corrected chi connectivity index (χ0v) is 15.5. The van der Waals surface area contributed by atoms with Gasteiger partial charge in [-0.1, -0.05) is 30.3 Å². The number of hydrogen-bond donors (Lipinski definition) is 0. The number of fused-ring (bicyclic) bond motifs is 1. The lowest BCUT2D eigenvalue weighted by molar-refractivity contribution is 0.0981. The summed E-state index contributed by atoms with van der Waals surface area (Å²) in [7, 11) is 0. The smallest absolute Gasteiger partial charge is 0.178 e. The minimum Gasteiger partial charge on any atom is -0.294 e. The molecule has 0 aliphatic rings. The number of ketones is 1. The highest BCUT2D eigenvalue weighted by Gasteiger charge is 2.20. The van der Waals surface area contributed by atoms with Gasteiger partial charge in [0.15, 0.2) is 23.1 Å². The highest BCUT2D eigenvalue weighted by atomic mass is 16.1. The molecule has 0 saturated carbocycles. The van der Waals surface area contributed by atoms with Crippen molar-refractivity contribution in [2.75, 3.05) is 0 Å². The Morgan fingerprint density at radius 2 is 1.74 bits per heavy atom. The summed E-state index contributed by atoms with van der Waals surface area (Å²) in [6, 6.07) is 13.7. The van der Waals surface area contributed by atoms with Crippen LogP contribution in [0.25, 0.3) is 11.5 Å². The van der Waals surface area contributed by atoms with Crippen molar-refractivity contribution in [3.05, 3.63) is 70.8 Å². The van der Waals surface area contributed by atoms with Crippen LogP contribution in [-0.2, 0) is 6.42 Å². The minimum atomic E-state index is 0.0988. The molecule has 1 aromatic carbocycles. The second-order valence-corrected chi connectivity index (χ2v) is 6.58. The van der Waals surface area contributed by atoms with E-state index in [1.807, 2.05) is 63.2 Å². The first-order valence-electron chi connectivity index (χ1n) is 8.87. The van der Waals surface area contributed by atoms with Crippen molar-refractivity contribution in [1.82, 2.24) is 29.6 Å². The van der Waals surface area contributed by atoms with Crippen LogP contribution < -0.4 is 0 Å². The number of aryl methyl sites for hydroxylation is 3. The van der Waals surface area contributed by atoms with Gasteiger partial charge in [-0.3, -0.25) is 4.79 Å². The van der Waals surface area contributed by atoms with Crippen molar-refractivity contribution in [3.63, 3.8) is 0 Å². The maximum Gasteiger partial charge on any atom is 0.178 e. The number of benzene rings is 1. The van der Waals surface area contributed by atoms with E-state index < -0.39 is 0 Å². The van der Waals surface area contributed by atoms with E-state index in [0.717, 1.165) is 11.3 Å². The molecule has 0 saturated heterocycles. The van der Waals surface area contributed by atoms with Crippen LogP contribution in [-0.4, -0.2) is 35.4 Å². The molecule has 0 atom stereocenters.